The second-order valence-electron chi connectivity index (χ2n) is 4.53. The van der Waals surface area contributed by atoms with Crippen molar-refractivity contribution in [2.45, 2.75) is 31.7 Å². The molecule has 0 radical (unpaired) electrons. The molecule has 2 rings (SSSR count). The second-order valence-corrected chi connectivity index (χ2v) is 6.13. The molecule has 0 unspecified atom stereocenters. The number of anilines is 1. The Morgan fingerprint density at radius 1 is 1.39 bits per heavy atom. The van der Waals surface area contributed by atoms with E-state index in [0.717, 1.165) is 22.1 Å². The van der Waals surface area contributed by atoms with Crippen molar-refractivity contribution in [3.05, 3.63) is 26.8 Å². The Morgan fingerprint density at radius 2 is 2.11 bits per heavy atom. The van der Waals surface area contributed by atoms with E-state index < -0.39 is 0 Å². The van der Waals surface area contributed by atoms with Crippen LogP contribution in [0.4, 0.5) is 5.69 Å². The van der Waals surface area contributed by atoms with Crippen LogP contribution in [0.15, 0.2) is 18.2 Å². The van der Waals surface area contributed by atoms with Crippen LogP contribution in [-0.4, -0.2) is 18.5 Å². The van der Waals surface area contributed by atoms with Gasteiger partial charge >= 0.3 is 0 Å². The second kappa shape index (κ2) is 6.61. The number of amides is 1. The van der Waals surface area contributed by atoms with E-state index in [-0.39, 0.29) is 5.91 Å². The molecule has 1 aromatic rings. The van der Waals surface area contributed by atoms with Crippen LogP contribution in [-0.2, 0) is 4.79 Å². The maximum Gasteiger partial charge on any atom is 0.239 e. The molecular formula is C13H16ClIN2O. The van der Waals surface area contributed by atoms with Gasteiger partial charge in [-0.3, -0.25) is 4.79 Å². The van der Waals surface area contributed by atoms with Crippen LogP contribution in [0.3, 0.4) is 0 Å². The summed E-state index contributed by atoms with van der Waals surface area (Å²) >= 11 is 8.09. The largest absolute Gasteiger partial charge is 0.375 e. The molecule has 1 aromatic carbocycles. The molecule has 3 nitrogen and oxygen atoms in total. The van der Waals surface area contributed by atoms with Crippen molar-refractivity contribution in [3.8, 4) is 0 Å². The summed E-state index contributed by atoms with van der Waals surface area (Å²) in [6.45, 7) is 0.314. The Bertz CT molecular complexity index is 433. The molecule has 0 saturated heterocycles. The van der Waals surface area contributed by atoms with Gasteiger partial charge in [0.2, 0.25) is 5.91 Å². The van der Waals surface area contributed by atoms with Gasteiger partial charge < -0.3 is 10.6 Å². The maximum absolute atomic E-state index is 11.7. The van der Waals surface area contributed by atoms with Gasteiger partial charge in [0.1, 0.15) is 0 Å². The molecule has 1 aliphatic carbocycles. The highest BCUT2D eigenvalue weighted by Crippen LogP contribution is 2.22. The molecule has 5 heteroatoms. The molecule has 0 spiro atoms. The number of halogens is 2. The van der Waals surface area contributed by atoms with Crippen molar-refractivity contribution < 1.29 is 4.79 Å². The van der Waals surface area contributed by atoms with Gasteiger partial charge in [-0.2, -0.15) is 0 Å². The van der Waals surface area contributed by atoms with E-state index in [1.165, 1.54) is 12.8 Å². The monoisotopic (exact) mass is 378 g/mol. The van der Waals surface area contributed by atoms with Gasteiger partial charge in [0, 0.05) is 20.3 Å². The minimum Gasteiger partial charge on any atom is -0.375 e. The molecule has 0 atom stereocenters. The number of benzene rings is 1. The summed E-state index contributed by atoms with van der Waals surface area (Å²) in [5.41, 5.74) is 0.946. The van der Waals surface area contributed by atoms with Crippen LogP contribution < -0.4 is 10.6 Å². The summed E-state index contributed by atoms with van der Waals surface area (Å²) in [4.78, 5) is 11.7. The summed E-state index contributed by atoms with van der Waals surface area (Å²) in [6, 6.07) is 5.97. The fourth-order valence-corrected chi connectivity index (χ4v) is 3.22. The zero-order valence-electron chi connectivity index (χ0n) is 10.0. The van der Waals surface area contributed by atoms with Crippen LogP contribution in [0.25, 0.3) is 0 Å². The Labute approximate surface area is 126 Å². The number of carbonyl (C=O) groups excluding carboxylic acids is 1. The van der Waals surface area contributed by atoms with E-state index in [9.17, 15) is 4.79 Å². The predicted octanol–water partition coefficient (Wildman–Crippen LogP) is 3.42. The first kappa shape index (κ1) is 13.9. The average Bonchev–Trinajstić information content (AvgIpc) is 2.80. The molecule has 0 heterocycles. The topological polar surface area (TPSA) is 41.1 Å². The highest BCUT2D eigenvalue weighted by molar-refractivity contribution is 14.1. The van der Waals surface area contributed by atoms with Crippen LogP contribution in [0, 0.1) is 3.57 Å². The van der Waals surface area contributed by atoms with Crippen LogP contribution in [0.2, 0.25) is 5.02 Å². The van der Waals surface area contributed by atoms with Gasteiger partial charge in [-0.05, 0) is 53.6 Å². The van der Waals surface area contributed by atoms with Crippen molar-refractivity contribution in [1.29, 1.82) is 0 Å². The molecule has 1 amide bonds. The van der Waals surface area contributed by atoms with Gasteiger partial charge in [0.25, 0.3) is 0 Å². The van der Waals surface area contributed by atoms with Gasteiger partial charge in [-0.25, -0.2) is 0 Å². The molecule has 2 N–H and O–H groups in total. The lowest BCUT2D eigenvalue weighted by Gasteiger charge is -2.13. The zero-order valence-corrected chi connectivity index (χ0v) is 12.9. The predicted molar refractivity (Wildman–Crippen MR) is 83.1 cm³/mol. The number of rotatable bonds is 4. The molecule has 1 aliphatic rings. The maximum atomic E-state index is 11.7. The SMILES string of the molecule is O=C(CNc1ccc(Cl)cc1I)NC1CCCC1. The van der Waals surface area contributed by atoms with E-state index in [4.69, 9.17) is 11.6 Å². The van der Waals surface area contributed by atoms with Crippen molar-refractivity contribution >= 4 is 45.8 Å². The van der Waals surface area contributed by atoms with Crippen molar-refractivity contribution in [2.24, 2.45) is 0 Å². The van der Waals surface area contributed by atoms with E-state index >= 15 is 0 Å². The summed E-state index contributed by atoms with van der Waals surface area (Å²) in [5.74, 6) is 0.0626. The molecule has 1 saturated carbocycles. The Morgan fingerprint density at radius 3 is 2.78 bits per heavy atom. The van der Waals surface area contributed by atoms with Gasteiger partial charge in [0.15, 0.2) is 0 Å². The lowest BCUT2D eigenvalue weighted by molar-refractivity contribution is -0.120. The molecule has 0 aromatic heterocycles. The van der Waals surface area contributed by atoms with Gasteiger partial charge in [0.05, 0.1) is 6.54 Å². The van der Waals surface area contributed by atoms with Crippen molar-refractivity contribution in [1.82, 2.24) is 5.32 Å². The Hall–Kier alpha value is -0.490. The number of nitrogens with one attached hydrogen (secondary N) is 2. The highest BCUT2D eigenvalue weighted by atomic mass is 127. The van der Waals surface area contributed by atoms with Crippen LogP contribution >= 0.6 is 34.2 Å². The summed E-state index contributed by atoms with van der Waals surface area (Å²) in [5, 5.41) is 6.89. The normalized spacial score (nSPS) is 15.7. The lowest BCUT2D eigenvalue weighted by atomic mass is 10.2. The Kier molecular flexibility index (Phi) is 5.12. The first-order chi connectivity index (χ1) is 8.65. The molecule has 0 bridgehead atoms. The minimum absolute atomic E-state index is 0.0626. The Balaban J connectivity index is 1.81. The summed E-state index contributed by atoms with van der Waals surface area (Å²) in [7, 11) is 0. The van der Waals surface area contributed by atoms with Crippen molar-refractivity contribution in [2.75, 3.05) is 11.9 Å². The average molecular weight is 379 g/mol. The molecular weight excluding hydrogens is 363 g/mol. The third kappa shape index (κ3) is 4.02. The molecule has 0 aliphatic heterocycles. The van der Waals surface area contributed by atoms with E-state index in [2.05, 4.69) is 33.2 Å². The third-order valence-corrected chi connectivity index (χ3v) is 4.22. The number of hydrogen-bond acceptors (Lipinski definition) is 2. The standard InChI is InChI=1S/C13H16ClIN2O/c14-9-5-6-12(11(15)7-9)16-8-13(18)17-10-3-1-2-4-10/h5-7,10,16H,1-4,8H2,(H,17,18). The number of carbonyl (C=O) groups is 1. The zero-order chi connectivity index (χ0) is 13.0. The van der Waals surface area contributed by atoms with Crippen LogP contribution in [0.5, 0.6) is 0 Å². The quantitative estimate of drug-likeness (QED) is 0.788. The van der Waals surface area contributed by atoms with E-state index in [1.54, 1.807) is 0 Å². The van der Waals surface area contributed by atoms with Gasteiger partial charge in [-0.15, -0.1) is 0 Å². The number of hydrogen-bond donors (Lipinski definition) is 2. The lowest BCUT2D eigenvalue weighted by Crippen LogP contribution is -2.36. The first-order valence-corrected chi connectivity index (χ1v) is 7.59. The fourth-order valence-electron chi connectivity index (χ4n) is 2.16. The molecule has 18 heavy (non-hydrogen) atoms. The first-order valence-electron chi connectivity index (χ1n) is 6.13. The molecule has 1 fully saturated rings. The van der Waals surface area contributed by atoms with Gasteiger partial charge in [-0.1, -0.05) is 24.4 Å². The highest BCUT2D eigenvalue weighted by Gasteiger charge is 2.16. The summed E-state index contributed by atoms with van der Waals surface area (Å²) in [6.07, 6.45) is 4.69. The van der Waals surface area contributed by atoms with Crippen molar-refractivity contribution in [3.63, 3.8) is 0 Å². The fraction of sp³-hybridized carbons (Fsp3) is 0.462. The minimum atomic E-state index is 0.0626. The summed E-state index contributed by atoms with van der Waals surface area (Å²) < 4.78 is 1.02. The third-order valence-electron chi connectivity index (χ3n) is 3.09. The van der Waals surface area contributed by atoms with Crippen LogP contribution in [0.1, 0.15) is 25.7 Å². The van der Waals surface area contributed by atoms with E-state index in [0.29, 0.717) is 17.6 Å². The van der Waals surface area contributed by atoms with E-state index in [1.807, 2.05) is 18.2 Å². The molecule has 98 valence electrons. The smallest absolute Gasteiger partial charge is 0.239 e.